The van der Waals surface area contributed by atoms with Gasteiger partial charge in [0.15, 0.2) is 0 Å². The lowest BCUT2D eigenvalue weighted by atomic mass is 10.1. The molecule has 0 aliphatic rings. The van der Waals surface area contributed by atoms with Crippen molar-refractivity contribution in [3.8, 4) is 0 Å². The highest BCUT2D eigenvalue weighted by Gasteiger charge is 2.17. The minimum absolute atomic E-state index is 0.216. The van der Waals surface area contributed by atoms with E-state index in [1.54, 1.807) is 16.9 Å². The van der Waals surface area contributed by atoms with Gasteiger partial charge in [0.05, 0.1) is 17.2 Å². The molecule has 4 aromatic rings. The third-order valence-corrected chi connectivity index (χ3v) is 4.16. The lowest BCUT2D eigenvalue weighted by Crippen LogP contribution is -2.20. The molecule has 0 bridgehead atoms. The van der Waals surface area contributed by atoms with Crippen LogP contribution in [0.2, 0.25) is 0 Å². The highest BCUT2D eigenvalue weighted by Crippen LogP contribution is 2.20. The Kier molecular flexibility index (Phi) is 3.39. The molecule has 2 aromatic heterocycles. The molecule has 2 aromatic carbocycles. The summed E-state index contributed by atoms with van der Waals surface area (Å²) in [6.45, 7) is 0.293. The number of hydrogen-bond donors (Lipinski definition) is 1. The van der Waals surface area contributed by atoms with Crippen LogP contribution in [-0.2, 0) is 6.54 Å². The zero-order valence-corrected chi connectivity index (χ0v) is 12.9. The van der Waals surface area contributed by atoms with E-state index in [0.29, 0.717) is 12.1 Å². The first kappa shape index (κ1) is 15.1. The van der Waals surface area contributed by atoms with E-state index < -0.39 is 22.8 Å². The maximum absolute atomic E-state index is 14.2. The molecular formula is C19H12FNO4. The standard InChI is InChI=1S/C19H12FNO4/c20-14-2-1-3-15-17(14)18(22)13(19(23)24)10-21(15)9-11-4-5-16-12(8-11)6-7-25-16/h1-8,10H,9H2,(H,23,24). The second-order valence-corrected chi connectivity index (χ2v) is 5.73. The van der Waals surface area contributed by atoms with Crippen molar-refractivity contribution in [2.24, 2.45) is 0 Å². The number of pyridine rings is 1. The number of fused-ring (bicyclic) bond motifs is 2. The number of carboxylic acids is 1. The van der Waals surface area contributed by atoms with Crippen LogP contribution in [-0.4, -0.2) is 15.6 Å². The Labute approximate surface area is 140 Å². The first-order valence-electron chi connectivity index (χ1n) is 7.55. The highest BCUT2D eigenvalue weighted by atomic mass is 19.1. The summed E-state index contributed by atoms with van der Waals surface area (Å²) in [7, 11) is 0. The number of aromatic carboxylic acids is 1. The van der Waals surface area contributed by atoms with Crippen molar-refractivity contribution in [2.45, 2.75) is 6.54 Å². The van der Waals surface area contributed by atoms with Gasteiger partial charge in [0.25, 0.3) is 0 Å². The van der Waals surface area contributed by atoms with Crippen LogP contribution >= 0.6 is 0 Å². The average Bonchev–Trinajstić information content (AvgIpc) is 3.04. The fraction of sp³-hybridized carbons (Fsp3) is 0.0526. The van der Waals surface area contributed by atoms with E-state index in [9.17, 15) is 19.1 Å². The van der Waals surface area contributed by atoms with Gasteiger partial charge in [0.1, 0.15) is 17.0 Å². The molecule has 6 heteroatoms. The van der Waals surface area contributed by atoms with E-state index in [1.165, 1.54) is 12.3 Å². The van der Waals surface area contributed by atoms with Crippen LogP contribution in [0, 0.1) is 5.82 Å². The molecular weight excluding hydrogens is 325 g/mol. The molecule has 0 atom stereocenters. The maximum Gasteiger partial charge on any atom is 0.341 e. The summed E-state index contributed by atoms with van der Waals surface area (Å²) in [5.74, 6) is -2.11. The third-order valence-electron chi connectivity index (χ3n) is 4.16. The van der Waals surface area contributed by atoms with Gasteiger partial charge in [-0.2, -0.15) is 0 Å². The SMILES string of the molecule is O=C(O)c1cn(Cc2ccc3occc3c2)c2cccc(F)c2c1=O. The van der Waals surface area contributed by atoms with E-state index in [-0.39, 0.29) is 5.39 Å². The van der Waals surface area contributed by atoms with Gasteiger partial charge in [0.2, 0.25) is 5.43 Å². The maximum atomic E-state index is 14.2. The summed E-state index contributed by atoms with van der Waals surface area (Å²) in [6.07, 6.45) is 2.84. The Bertz CT molecular complexity index is 1190. The smallest absolute Gasteiger partial charge is 0.341 e. The predicted octanol–water partition coefficient (Wildman–Crippen LogP) is 3.63. The fourth-order valence-corrected chi connectivity index (χ4v) is 2.99. The van der Waals surface area contributed by atoms with Crippen molar-refractivity contribution in [3.05, 3.63) is 82.1 Å². The minimum atomic E-state index is -1.38. The summed E-state index contributed by atoms with van der Waals surface area (Å²) in [5.41, 5.74) is 0.691. The first-order valence-corrected chi connectivity index (χ1v) is 7.55. The van der Waals surface area contributed by atoms with Crippen molar-refractivity contribution in [1.82, 2.24) is 4.57 Å². The number of benzene rings is 2. The number of halogens is 1. The summed E-state index contributed by atoms with van der Waals surface area (Å²) >= 11 is 0. The molecule has 0 radical (unpaired) electrons. The number of hydrogen-bond acceptors (Lipinski definition) is 3. The van der Waals surface area contributed by atoms with Gasteiger partial charge in [-0.25, -0.2) is 9.18 Å². The molecule has 25 heavy (non-hydrogen) atoms. The van der Waals surface area contributed by atoms with Crippen molar-refractivity contribution in [2.75, 3.05) is 0 Å². The van der Waals surface area contributed by atoms with Gasteiger partial charge in [-0.3, -0.25) is 4.79 Å². The zero-order valence-electron chi connectivity index (χ0n) is 12.9. The van der Waals surface area contributed by atoms with Gasteiger partial charge in [-0.15, -0.1) is 0 Å². The lowest BCUT2D eigenvalue weighted by molar-refractivity contribution is 0.0695. The summed E-state index contributed by atoms with van der Waals surface area (Å²) in [4.78, 5) is 23.7. The summed E-state index contributed by atoms with van der Waals surface area (Å²) in [6, 6.07) is 11.6. The molecule has 0 saturated heterocycles. The monoisotopic (exact) mass is 337 g/mol. The highest BCUT2D eigenvalue weighted by molar-refractivity contribution is 5.92. The molecule has 0 aliphatic carbocycles. The van der Waals surface area contributed by atoms with E-state index >= 15 is 0 Å². The number of nitrogens with zero attached hydrogens (tertiary/aromatic N) is 1. The molecule has 0 aliphatic heterocycles. The number of carboxylic acid groups (broad SMARTS) is 1. The van der Waals surface area contributed by atoms with Crippen LogP contribution in [0.25, 0.3) is 21.9 Å². The Morgan fingerprint density at radius 1 is 1.20 bits per heavy atom. The van der Waals surface area contributed by atoms with Gasteiger partial charge in [0, 0.05) is 18.1 Å². The molecule has 2 heterocycles. The van der Waals surface area contributed by atoms with Crippen molar-refractivity contribution >= 4 is 27.8 Å². The lowest BCUT2D eigenvalue weighted by Gasteiger charge is -2.13. The predicted molar refractivity (Wildman–Crippen MR) is 90.4 cm³/mol. The number of aromatic nitrogens is 1. The topological polar surface area (TPSA) is 72.4 Å². The molecule has 0 amide bonds. The van der Waals surface area contributed by atoms with Crippen LogP contribution < -0.4 is 5.43 Å². The molecule has 4 rings (SSSR count). The van der Waals surface area contributed by atoms with E-state index in [4.69, 9.17) is 4.42 Å². The Balaban J connectivity index is 1.93. The van der Waals surface area contributed by atoms with Crippen molar-refractivity contribution in [3.63, 3.8) is 0 Å². The normalized spacial score (nSPS) is 11.2. The van der Waals surface area contributed by atoms with Crippen LogP contribution in [0.3, 0.4) is 0 Å². The first-order chi connectivity index (χ1) is 12.0. The molecule has 0 unspecified atom stereocenters. The van der Waals surface area contributed by atoms with Crippen LogP contribution in [0.5, 0.6) is 0 Å². The van der Waals surface area contributed by atoms with Crippen molar-refractivity contribution in [1.29, 1.82) is 0 Å². The van der Waals surface area contributed by atoms with E-state index in [2.05, 4.69) is 0 Å². The number of carbonyl (C=O) groups is 1. The minimum Gasteiger partial charge on any atom is -0.477 e. The molecule has 0 saturated carbocycles. The van der Waals surface area contributed by atoms with Crippen LogP contribution in [0.4, 0.5) is 4.39 Å². The van der Waals surface area contributed by atoms with E-state index in [1.807, 2.05) is 24.3 Å². The Morgan fingerprint density at radius 3 is 2.84 bits per heavy atom. The summed E-state index contributed by atoms with van der Waals surface area (Å²) in [5, 5.41) is 9.97. The van der Waals surface area contributed by atoms with Crippen LogP contribution in [0.1, 0.15) is 15.9 Å². The molecule has 124 valence electrons. The zero-order chi connectivity index (χ0) is 17.6. The average molecular weight is 337 g/mol. The summed E-state index contributed by atoms with van der Waals surface area (Å²) < 4.78 is 21.0. The number of furan rings is 1. The second kappa shape index (κ2) is 5.59. The van der Waals surface area contributed by atoms with Gasteiger partial charge in [-0.05, 0) is 35.9 Å². The van der Waals surface area contributed by atoms with Crippen LogP contribution in [0.15, 0.2) is 64.1 Å². The Morgan fingerprint density at radius 2 is 2.04 bits per heavy atom. The molecule has 5 nitrogen and oxygen atoms in total. The number of rotatable bonds is 3. The second-order valence-electron chi connectivity index (χ2n) is 5.73. The largest absolute Gasteiger partial charge is 0.477 e. The quantitative estimate of drug-likeness (QED) is 0.619. The van der Waals surface area contributed by atoms with Crippen molar-refractivity contribution < 1.29 is 18.7 Å². The van der Waals surface area contributed by atoms with Gasteiger partial charge >= 0.3 is 5.97 Å². The van der Waals surface area contributed by atoms with E-state index in [0.717, 1.165) is 22.6 Å². The molecule has 0 fully saturated rings. The van der Waals surface area contributed by atoms with Gasteiger partial charge in [-0.1, -0.05) is 12.1 Å². The third kappa shape index (κ3) is 2.48. The molecule has 1 N–H and O–H groups in total. The Hall–Kier alpha value is -3.41. The fourth-order valence-electron chi connectivity index (χ4n) is 2.99. The van der Waals surface area contributed by atoms with Gasteiger partial charge < -0.3 is 14.1 Å². The molecule has 0 spiro atoms.